The van der Waals surface area contributed by atoms with Crippen LogP contribution < -0.4 is 5.32 Å². The van der Waals surface area contributed by atoms with E-state index in [1.165, 1.54) is 0 Å². The third-order valence-electron chi connectivity index (χ3n) is 3.33. The number of carbonyl (C=O) groups excluding carboxylic acids is 1. The number of morpholine rings is 1. The van der Waals surface area contributed by atoms with Crippen molar-refractivity contribution in [2.24, 2.45) is 0 Å². The summed E-state index contributed by atoms with van der Waals surface area (Å²) in [6.45, 7) is 3.39. The Kier molecular flexibility index (Phi) is 5.54. The molecule has 1 aromatic rings. The molecule has 5 nitrogen and oxygen atoms in total. The molecule has 2 N–H and O–H groups in total. The van der Waals surface area contributed by atoms with Crippen molar-refractivity contribution in [3.05, 3.63) is 28.7 Å². The Labute approximate surface area is 127 Å². The highest BCUT2D eigenvalue weighted by atomic mass is 79.9. The van der Waals surface area contributed by atoms with Gasteiger partial charge in [-0.25, -0.2) is 0 Å². The van der Waals surface area contributed by atoms with Crippen LogP contribution in [0.5, 0.6) is 0 Å². The van der Waals surface area contributed by atoms with E-state index in [1.54, 1.807) is 0 Å². The summed E-state index contributed by atoms with van der Waals surface area (Å²) < 4.78 is 6.32. The van der Waals surface area contributed by atoms with Gasteiger partial charge in [-0.15, -0.1) is 0 Å². The Morgan fingerprint density at radius 1 is 1.55 bits per heavy atom. The molecule has 20 heavy (non-hydrogen) atoms. The number of anilines is 1. The molecule has 1 aromatic carbocycles. The molecule has 0 aromatic heterocycles. The molecule has 1 saturated heterocycles. The zero-order valence-electron chi connectivity index (χ0n) is 11.4. The van der Waals surface area contributed by atoms with Crippen LogP contribution in [0.15, 0.2) is 28.7 Å². The number of nitrogens with one attached hydrogen (secondary N) is 1. The van der Waals surface area contributed by atoms with Gasteiger partial charge in [0.1, 0.15) is 0 Å². The maximum atomic E-state index is 12.1. The van der Waals surface area contributed by atoms with Crippen LogP contribution in [0.3, 0.4) is 0 Å². The first kappa shape index (κ1) is 15.4. The largest absolute Gasteiger partial charge is 0.394 e. The second-order valence-electron chi connectivity index (χ2n) is 4.94. The minimum absolute atomic E-state index is 0.0188. The lowest BCUT2D eigenvalue weighted by molar-refractivity contribution is -0.122. The van der Waals surface area contributed by atoms with Crippen LogP contribution in [-0.2, 0) is 9.53 Å². The molecule has 2 atom stereocenters. The molecule has 6 heteroatoms. The summed E-state index contributed by atoms with van der Waals surface area (Å²) in [5.41, 5.74) is 0.761. The van der Waals surface area contributed by atoms with Crippen LogP contribution in [0, 0.1) is 0 Å². The van der Waals surface area contributed by atoms with E-state index in [2.05, 4.69) is 21.2 Å². The normalized spacial score (nSPS) is 23.6. The standard InChI is InChI=1S/C14H19BrN2O3/c1-10-9-20-11(8-18)6-17(10)7-14(19)16-13-5-3-2-4-12(13)15/h2-5,10-11,18H,6-9H2,1H3,(H,16,19). The minimum atomic E-state index is -0.206. The van der Waals surface area contributed by atoms with Gasteiger partial charge in [0, 0.05) is 17.1 Å². The predicted molar refractivity (Wildman–Crippen MR) is 80.6 cm³/mol. The van der Waals surface area contributed by atoms with E-state index in [9.17, 15) is 4.79 Å². The number of aliphatic hydroxyl groups is 1. The number of halogens is 1. The molecule has 2 unspecified atom stereocenters. The monoisotopic (exact) mass is 342 g/mol. The summed E-state index contributed by atoms with van der Waals surface area (Å²) in [6, 6.07) is 7.67. The van der Waals surface area contributed by atoms with Crippen molar-refractivity contribution >= 4 is 27.5 Å². The first-order chi connectivity index (χ1) is 9.60. The van der Waals surface area contributed by atoms with Gasteiger partial charge in [-0.05, 0) is 35.0 Å². The third-order valence-corrected chi connectivity index (χ3v) is 4.02. The van der Waals surface area contributed by atoms with Crippen molar-refractivity contribution in [1.82, 2.24) is 4.90 Å². The molecular formula is C14H19BrN2O3. The number of hydrogen-bond acceptors (Lipinski definition) is 4. The molecule has 0 radical (unpaired) electrons. The summed E-state index contributed by atoms with van der Waals surface area (Å²) in [6.07, 6.45) is -0.206. The lowest BCUT2D eigenvalue weighted by Crippen LogP contribution is -2.51. The zero-order valence-corrected chi connectivity index (χ0v) is 13.0. The molecule has 1 aliphatic heterocycles. The molecule has 1 amide bonds. The van der Waals surface area contributed by atoms with E-state index >= 15 is 0 Å². The molecule has 2 rings (SSSR count). The Balaban J connectivity index is 1.92. The molecular weight excluding hydrogens is 324 g/mol. The van der Waals surface area contributed by atoms with E-state index in [0.717, 1.165) is 10.2 Å². The van der Waals surface area contributed by atoms with Crippen LogP contribution in [-0.4, -0.2) is 54.4 Å². The number of ether oxygens (including phenoxy) is 1. The number of benzene rings is 1. The van der Waals surface area contributed by atoms with E-state index in [1.807, 2.05) is 36.1 Å². The van der Waals surface area contributed by atoms with Gasteiger partial charge >= 0.3 is 0 Å². The smallest absolute Gasteiger partial charge is 0.238 e. The van der Waals surface area contributed by atoms with E-state index in [4.69, 9.17) is 9.84 Å². The number of carbonyl (C=O) groups is 1. The molecule has 0 aliphatic carbocycles. The highest BCUT2D eigenvalue weighted by Crippen LogP contribution is 2.21. The van der Waals surface area contributed by atoms with Gasteiger partial charge in [0.2, 0.25) is 5.91 Å². The number of rotatable bonds is 4. The summed E-state index contributed by atoms with van der Waals surface area (Å²) >= 11 is 3.40. The fourth-order valence-corrected chi connectivity index (χ4v) is 2.53. The van der Waals surface area contributed by atoms with E-state index in [0.29, 0.717) is 19.7 Å². The quantitative estimate of drug-likeness (QED) is 0.869. The van der Waals surface area contributed by atoms with Gasteiger partial charge in [0.15, 0.2) is 0 Å². The highest BCUT2D eigenvalue weighted by molar-refractivity contribution is 9.10. The van der Waals surface area contributed by atoms with Gasteiger partial charge < -0.3 is 15.2 Å². The average molecular weight is 343 g/mol. The van der Waals surface area contributed by atoms with Crippen molar-refractivity contribution in [3.63, 3.8) is 0 Å². The topological polar surface area (TPSA) is 61.8 Å². The summed E-state index contributed by atoms with van der Waals surface area (Å²) in [5.74, 6) is -0.0673. The molecule has 1 fully saturated rings. The SMILES string of the molecule is CC1COC(CO)CN1CC(=O)Nc1ccccc1Br. The van der Waals surface area contributed by atoms with Crippen LogP contribution >= 0.6 is 15.9 Å². The molecule has 1 heterocycles. The first-order valence-electron chi connectivity index (χ1n) is 6.61. The van der Waals surface area contributed by atoms with E-state index in [-0.39, 0.29) is 24.7 Å². The van der Waals surface area contributed by atoms with Gasteiger partial charge in [-0.1, -0.05) is 12.1 Å². The fourth-order valence-electron chi connectivity index (χ4n) is 2.14. The molecule has 0 spiro atoms. The van der Waals surface area contributed by atoms with Crippen molar-refractivity contribution in [3.8, 4) is 0 Å². The van der Waals surface area contributed by atoms with Gasteiger partial charge in [0.05, 0.1) is 31.5 Å². The lowest BCUT2D eigenvalue weighted by Gasteiger charge is -2.36. The number of nitrogens with zero attached hydrogens (tertiary/aromatic N) is 1. The summed E-state index contributed by atoms with van der Waals surface area (Å²) in [5, 5.41) is 12.0. The van der Waals surface area contributed by atoms with Gasteiger partial charge in [-0.3, -0.25) is 9.69 Å². The van der Waals surface area contributed by atoms with Crippen LogP contribution in [0.2, 0.25) is 0 Å². The number of para-hydroxylation sites is 1. The second kappa shape index (κ2) is 7.17. The van der Waals surface area contributed by atoms with Crippen molar-refractivity contribution in [2.45, 2.75) is 19.1 Å². The molecule has 0 saturated carbocycles. The van der Waals surface area contributed by atoms with E-state index < -0.39 is 0 Å². The van der Waals surface area contributed by atoms with Crippen molar-refractivity contribution in [2.75, 3.05) is 31.6 Å². The van der Waals surface area contributed by atoms with Gasteiger partial charge in [0.25, 0.3) is 0 Å². The maximum Gasteiger partial charge on any atom is 0.238 e. The molecule has 110 valence electrons. The van der Waals surface area contributed by atoms with Crippen LogP contribution in [0.25, 0.3) is 0 Å². The van der Waals surface area contributed by atoms with Crippen LogP contribution in [0.1, 0.15) is 6.92 Å². The summed E-state index contributed by atoms with van der Waals surface area (Å²) in [4.78, 5) is 14.1. The van der Waals surface area contributed by atoms with Crippen molar-refractivity contribution in [1.29, 1.82) is 0 Å². The zero-order chi connectivity index (χ0) is 14.5. The lowest BCUT2D eigenvalue weighted by atomic mass is 10.2. The number of hydrogen-bond donors (Lipinski definition) is 2. The highest BCUT2D eigenvalue weighted by Gasteiger charge is 2.27. The van der Waals surface area contributed by atoms with Crippen molar-refractivity contribution < 1.29 is 14.6 Å². The molecule has 0 bridgehead atoms. The average Bonchev–Trinajstić information content (AvgIpc) is 2.44. The Hall–Kier alpha value is -0.950. The van der Waals surface area contributed by atoms with Crippen LogP contribution in [0.4, 0.5) is 5.69 Å². The fraction of sp³-hybridized carbons (Fsp3) is 0.500. The second-order valence-corrected chi connectivity index (χ2v) is 5.80. The number of aliphatic hydroxyl groups excluding tert-OH is 1. The van der Waals surface area contributed by atoms with Gasteiger partial charge in [-0.2, -0.15) is 0 Å². The number of amides is 1. The predicted octanol–water partition coefficient (Wildman–Crippen LogP) is 1.47. The third kappa shape index (κ3) is 4.02. The minimum Gasteiger partial charge on any atom is -0.394 e. The Morgan fingerprint density at radius 3 is 3.00 bits per heavy atom. The molecule has 1 aliphatic rings. The maximum absolute atomic E-state index is 12.1. The summed E-state index contributed by atoms with van der Waals surface area (Å²) in [7, 11) is 0. The Morgan fingerprint density at radius 2 is 2.30 bits per heavy atom. The Bertz CT molecular complexity index is 469. The first-order valence-corrected chi connectivity index (χ1v) is 7.40.